The van der Waals surface area contributed by atoms with Crippen LogP contribution >= 0.6 is 0 Å². The predicted octanol–water partition coefficient (Wildman–Crippen LogP) is -9.04. The number of aliphatic hydroxyl groups is 1. The molecule has 1 saturated heterocycles. The zero-order valence-corrected chi connectivity index (χ0v) is 57.7. The lowest BCUT2D eigenvalue weighted by molar-refractivity contribution is -0.144. The van der Waals surface area contributed by atoms with Crippen LogP contribution in [0, 0.1) is 5.92 Å². The Morgan fingerprint density at radius 2 is 1.07 bits per heavy atom. The molecule has 2 heterocycles. The zero-order chi connectivity index (χ0) is 77.9. The first kappa shape index (κ1) is 86.9. The van der Waals surface area contributed by atoms with Crippen LogP contribution in [0.15, 0.2) is 40.4 Å². The Bertz CT molecular complexity index is 3430. The fourth-order valence-corrected chi connectivity index (χ4v) is 10.7. The number of fused-ring (bicyclic) bond motifs is 1. The summed E-state index contributed by atoms with van der Waals surface area (Å²) in [4.78, 5) is 225. The number of para-hydroxylation sites is 1. The number of primary amides is 2. The molecule has 0 spiro atoms. The van der Waals surface area contributed by atoms with Gasteiger partial charge in [0.15, 0.2) is 11.9 Å². The van der Waals surface area contributed by atoms with E-state index in [1.54, 1.807) is 30.5 Å². The first-order chi connectivity index (χ1) is 49.1. The summed E-state index contributed by atoms with van der Waals surface area (Å²) in [6, 6.07) is -11.0. The van der Waals surface area contributed by atoms with Gasteiger partial charge in [-0.3, -0.25) is 81.9 Å². The number of aliphatic hydroxyl groups excluding tert-OH is 1. The molecule has 0 radical (unpaired) electrons. The van der Waals surface area contributed by atoms with Gasteiger partial charge in [0.1, 0.15) is 60.4 Å². The Kier molecular flexibility index (Phi) is 36.9. The summed E-state index contributed by atoms with van der Waals surface area (Å²) < 4.78 is 0. The molecular weight excluding hydrogens is 1370 g/mol. The van der Waals surface area contributed by atoms with Gasteiger partial charge in [0.2, 0.25) is 76.8 Å². The lowest BCUT2D eigenvalue weighted by Gasteiger charge is -2.32. The number of nitrogens with zero attached hydrogens (tertiary/aromatic N) is 3. The van der Waals surface area contributed by atoms with Crippen LogP contribution in [0.1, 0.15) is 116 Å². The number of unbranched alkanes of at least 4 members (excludes halogenated alkanes) is 1. The smallest absolute Gasteiger partial charge is 0.326 e. The fraction of sp³-hybridized carbons (Fsp3) is 0.581. The highest BCUT2D eigenvalue weighted by Gasteiger charge is 2.42. The Morgan fingerprint density at radius 3 is 1.62 bits per heavy atom. The maximum atomic E-state index is 14.7. The third kappa shape index (κ3) is 30.5. The number of carbonyl (C=O) groups excluding carboxylic acids is 13. The van der Waals surface area contributed by atoms with Crippen molar-refractivity contribution in [2.75, 3.05) is 39.3 Å². The van der Waals surface area contributed by atoms with Gasteiger partial charge in [0, 0.05) is 56.0 Å². The number of aliphatic imine (C=N–C) groups is 2. The van der Waals surface area contributed by atoms with Crippen LogP contribution in [0.2, 0.25) is 0 Å². The first-order valence-corrected chi connectivity index (χ1v) is 33.3. The van der Waals surface area contributed by atoms with E-state index in [0.717, 1.165) is 4.90 Å². The van der Waals surface area contributed by atoms with Crippen LogP contribution in [0.5, 0.6) is 0 Å². The highest BCUT2D eigenvalue weighted by atomic mass is 16.4. The number of hydrogen-bond acceptors (Lipinski definition) is 21. The number of likely N-dealkylation sites (tertiary alicyclic amines) is 1. The van der Waals surface area contributed by atoms with E-state index in [-0.39, 0.29) is 89.5 Å². The van der Waals surface area contributed by atoms with E-state index in [9.17, 15) is 97.1 Å². The maximum absolute atomic E-state index is 14.7. The molecule has 104 heavy (non-hydrogen) atoms. The summed E-state index contributed by atoms with van der Waals surface area (Å²) in [6.07, 6.45) is -2.50. The van der Waals surface area contributed by atoms with Gasteiger partial charge < -0.3 is 129 Å². The summed E-state index contributed by atoms with van der Waals surface area (Å²) in [5.41, 5.74) is 44.6. The lowest BCUT2D eigenvalue weighted by atomic mass is 10.0. The van der Waals surface area contributed by atoms with Gasteiger partial charge >= 0.3 is 17.9 Å². The average molecular weight is 1470 g/mol. The predicted molar refractivity (Wildman–Crippen MR) is 369 cm³/mol. The van der Waals surface area contributed by atoms with Gasteiger partial charge in [-0.1, -0.05) is 32.0 Å². The van der Waals surface area contributed by atoms with Gasteiger partial charge in [-0.25, -0.2) is 4.79 Å². The Labute approximate surface area is 596 Å². The third-order valence-corrected chi connectivity index (χ3v) is 16.1. The number of carboxylic acids is 3. The van der Waals surface area contributed by atoms with E-state index >= 15 is 0 Å². The molecule has 1 aromatic carbocycles. The van der Waals surface area contributed by atoms with E-state index in [1.807, 2.05) is 0 Å². The Morgan fingerprint density at radius 1 is 0.558 bits per heavy atom. The number of nitrogens with two attached hydrogens (primary N) is 8. The number of carboxylic acid groups (broad SMARTS) is 3. The van der Waals surface area contributed by atoms with Crippen molar-refractivity contribution in [3.63, 3.8) is 0 Å². The molecule has 576 valence electrons. The highest BCUT2D eigenvalue weighted by Crippen LogP contribution is 2.23. The monoisotopic (exact) mass is 1470 g/mol. The number of guanidine groups is 2. The first-order valence-electron chi connectivity index (χ1n) is 33.3. The van der Waals surface area contributed by atoms with Crippen molar-refractivity contribution in [2.45, 2.75) is 183 Å². The summed E-state index contributed by atoms with van der Waals surface area (Å²) >= 11 is 0. The molecule has 1 aliphatic rings. The van der Waals surface area contributed by atoms with Crippen molar-refractivity contribution >= 4 is 118 Å². The van der Waals surface area contributed by atoms with Crippen molar-refractivity contribution < 1.29 is 97.1 Å². The topological polar surface area (TPSA) is 726 Å². The molecule has 13 amide bonds. The third-order valence-electron chi connectivity index (χ3n) is 16.1. The largest absolute Gasteiger partial charge is 0.481 e. The minimum absolute atomic E-state index is 0.0285. The van der Waals surface area contributed by atoms with E-state index in [2.05, 4.69) is 68.1 Å². The number of aromatic amines is 1. The lowest BCUT2D eigenvalue weighted by Crippen LogP contribution is -2.61. The van der Waals surface area contributed by atoms with Gasteiger partial charge in [0.25, 0.3) is 0 Å². The number of aromatic nitrogens is 1. The molecule has 1 aromatic heterocycles. The summed E-state index contributed by atoms with van der Waals surface area (Å²) in [5.74, 6) is -19.6. The van der Waals surface area contributed by atoms with Crippen LogP contribution < -0.4 is 99.0 Å². The molecule has 2 aromatic rings. The van der Waals surface area contributed by atoms with Crippen LogP contribution in [0.25, 0.3) is 10.9 Å². The van der Waals surface area contributed by atoms with Gasteiger partial charge in [-0.15, -0.1) is 0 Å². The number of aliphatic carboxylic acids is 3. The van der Waals surface area contributed by atoms with Gasteiger partial charge in [-0.2, -0.15) is 0 Å². The number of carbonyl (C=O) groups is 16. The molecule has 0 bridgehead atoms. The minimum Gasteiger partial charge on any atom is -0.481 e. The Balaban J connectivity index is 1.93. The van der Waals surface area contributed by atoms with Gasteiger partial charge in [0.05, 0.1) is 32.0 Å². The number of rotatable bonds is 48. The summed E-state index contributed by atoms with van der Waals surface area (Å²) in [6.45, 7) is 0.921. The van der Waals surface area contributed by atoms with Crippen LogP contribution in [-0.4, -0.2) is 243 Å². The molecule has 1 aliphatic heterocycles. The fourth-order valence-electron chi connectivity index (χ4n) is 10.7. The number of nitrogens with one attached hydrogen (secondary N) is 11. The van der Waals surface area contributed by atoms with Crippen molar-refractivity contribution in [3.05, 3.63) is 36.0 Å². The van der Waals surface area contributed by atoms with Crippen molar-refractivity contribution in [1.29, 1.82) is 0 Å². The normalized spacial score (nSPS) is 15.4. The summed E-state index contributed by atoms with van der Waals surface area (Å²) in [5, 5.41) is 64.3. The molecule has 0 aliphatic carbocycles. The molecule has 11 atom stereocenters. The molecule has 0 saturated carbocycles. The molecule has 3 rings (SSSR count). The maximum Gasteiger partial charge on any atom is 0.326 e. The van der Waals surface area contributed by atoms with E-state index in [4.69, 9.17) is 45.9 Å². The molecule has 31 N–H and O–H groups in total. The highest BCUT2D eigenvalue weighted by molar-refractivity contribution is 6.00. The minimum atomic E-state index is -1.98. The van der Waals surface area contributed by atoms with Crippen molar-refractivity contribution in [1.82, 2.24) is 63.1 Å². The second kappa shape index (κ2) is 44.2. The molecular formula is C62H98N22O20. The second-order valence-corrected chi connectivity index (χ2v) is 24.8. The molecule has 42 heteroatoms. The van der Waals surface area contributed by atoms with Crippen LogP contribution in [-0.2, 0) is 83.1 Å². The molecule has 42 nitrogen and oxygen atoms in total. The molecule has 0 unspecified atom stereocenters. The number of H-pyrrole nitrogens is 1. The van der Waals surface area contributed by atoms with E-state index < -0.39 is 219 Å². The standard InChI is InChI=1S/C62H98N22O20/c1-30(2)49(83-56(99)41(26-48(91)92)81-52(95)35(13-7-21-71-61(67)68)75-46(88)28-74-51(94)37(16-18-44(65)86)76-50(93)33(64)25-45(66)87)59(102)84-23-9-15-43(84)58(101)78-38(17-19-47(89)90)54(97)77-36(14-8-22-72-62(69)70)53(96)80-40(24-31-27-73-34-11-4-3-10-32(31)34)55(98)82-42(29-85)57(100)79-39(60(103)104)12-5-6-20-63/h3-4,10-11,27,30,33,35-43,49,73,85H,5-9,12-26,28-29,63-64H2,1-2H3,(H2,65,86)(H2,66,87)(H,74,94)(H,75,88)(H,76,93)(H,77,97)(H,78,101)(H,79,100)(H,80,96)(H,81,95)(H,82,98)(H,83,99)(H,89,90)(H,91,92)(H,103,104)(H4,67,68,71)(H4,69,70,72)/t33-,35-,36-,37-,38-,39-,40-,41-,42-,43-,49-/m0/s1. The van der Waals surface area contributed by atoms with E-state index in [1.165, 1.54) is 13.8 Å². The second-order valence-electron chi connectivity index (χ2n) is 24.8. The number of amides is 13. The molecule has 1 fully saturated rings. The van der Waals surface area contributed by atoms with Crippen molar-refractivity contribution in [3.8, 4) is 0 Å². The van der Waals surface area contributed by atoms with Crippen LogP contribution in [0.3, 0.4) is 0 Å². The van der Waals surface area contributed by atoms with Crippen LogP contribution in [0.4, 0.5) is 0 Å². The average Bonchev–Trinajstić information content (AvgIpc) is 1.62. The SMILES string of the molecule is CC(C)[C@H](NC(=O)[C@H](CC(=O)O)NC(=O)[C@H](CCCN=C(N)N)NC(=O)CNC(=O)[C@H](CCC(N)=O)NC(=O)[C@@H](N)CC(N)=O)C(=O)N1CCC[C@H]1C(=O)N[C@@H](CCC(=O)O)C(=O)N[C@@H](CCCN=C(N)N)C(=O)N[C@@H](Cc1c[nH]c2ccccc12)C(=O)N[C@@H](CO)C(=O)N[C@@H](CCCCN)C(=O)O. The van der Waals surface area contributed by atoms with Gasteiger partial charge in [-0.05, 0) is 94.7 Å². The zero-order valence-electron chi connectivity index (χ0n) is 57.7. The van der Waals surface area contributed by atoms with Crippen molar-refractivity contribution in [2.24, 2.45) is 61.8 Å². The summed E-state index contributed by atoms with van der Waals surface area (Å²) in [7, 11) is 0. The Hall–Kier alpha value is -11.3. The number of benzene rings is 1. The van der Waals surface area contributed by atoms with E-state index in [0.29, 0.717) is 29.3 Å². The quantitative estimate of drug-likeness (QED) is 0.0166. The number of hydrogen-bond donors (Lipinski definition) is 23.